The minimum absolute atomic E-state index is 0.136. The van der Waals surface area contributed by atoms with Crippen molar-refractivity contribution >= 4 is 28.1 Å². The van der Waals surface area contributed by atoms with Crippen LogP contribution in [0, 0.1) is 0 Å². The molecule has 0 radical (unpaired) electrons. The Morgan fingerprint density at radius 1 is 0.917 bits per heavy atom. The fraction of sp³-hybridized carbons (Fsp3) is 0.154. The first-order chi connectivity index (χ1) is 17.2. The number of pyridine rings is 1. The maximum atomic E-state index is 12.8. The molecule has 0 unspecified atom stereocenters. The summed E-state index contributed by atoms with van der Waals surface area (Å²) in [7, 11) is 4.82. The van der Waals surface area contributed by atoms with Gasteiger partial charge in [0.25, 0.3) is 0 Å². The molecule has 0 atom stereocenters. The van der Waals surface area contributed by atoms with E-state index in [9.17, 15) is 13.2 Å². The zero-order chi connectivity index (χ0) is 25.9. The Morgan fingerprint density at radius 2 is 1.61 bits per heavy atom. The van der Waals surface area contributed by atoms with Gasteiger partial charge in [0.05, 0.1) is 31.0 Å². The number of halogens is 3. The molecule has 1 heterocycles. The van der Waals surface area contributed by atoms with E-state index in [0.29, 0.717) is 45.5 Å². The van der Waals surface area contributed by atoms with Crippen molar-refractivity contribution in [3.8, 4) is 23.0 Å². The van der Waals surface area contributed by atoms with Crippen molar-refractivity contribution in [2.45, 2.75) is 6.18 Å². The summed E-state index contributed by atoms with van der Waals surface area (Å²) in [6.45, 7) is 0. The zero-order valence-electron chi connectivity index (χ0n) is 19.7. The van der Waals surface area contributed by atoms with Crippen molar-refractivity contribution in [2.75, 3.05) is 26.6 Å². The lowest BCUT2D eigenvalue weighted by atomic mass is 10.1. The van der Waals surface area contributed by atoms with Crippen LogP contribution in [0.25, 0.3) is 10.9 Å². The molecule has 186 valence electrons. The van der Waals surface area contributed by atoms with Gasteiger partial charge in [-0.3, -0.25) is 4.98 Å². The van der Waals surface area contributed by atoms with Gasteiger partial charge in [-0.1, -0.05) is 0 Å². The second-order valence-electron chi connectivity index (χ2n) is 7.63. The Morgan fingerprint density at radius 3 is 2.25 bits per heavy atom. The Bertz CT molecular complexity index is 1420. The van der Waals surface area contributed by atoms with E-state index in [2.05, 4.69) is 15.3 Å². The average Bonchev–Trinajstić information content (AvgIpc) is 2.87. The molecule has 0 fully saturated rings. The number of hydrogen-bond donors (Lipinski definition) is 2. The first-order valence-corrected chi connectivity index (χ1v) is 10.8. The maximum absolute atomic E-state index is 12.8. The van der Waals surface area contributed by atoms with Crippen LogP contribution in [0.4, 0.5) is 24.5 Å². The number of methoxy groups -OCH3 is 2. The summed E-state index contributed by atoms with van der Waals surface area (Å²) in [6.07, 6.45) is -2.79. The van der Waals surface area contributed by atoms with Crippen LogP contribution in [0.2, 0.25) is 0 Å². The number of hydrogen-bond acceptors (Lipinski definition) is 6. The summed E-state index contributed by atoms with van der Waals surface area (Å²) in [5, 5.41) is 3.78. The zero-order valence-corrected chi connectivity index (χ0v) is 19.7. The van der Waals surface area contributed by atoms with Crippen LogP contribution in [0.5, 0.6) is 23.0 Å². The molecule has 0 amide bonds. The molecule has 0 spiro atoms. The molecule has 0 aliphatic heterocycles. The van der Waals surface area contributed by atoms with Crippen molar-refractivity contribution in [3.05, 3.63) is 78.0 Å². The Balaban J connectivity index is 1.63. The van der Waals surface area contributed by atoms with Gasteiger partial charge < -0.3 is 25.3 Å². The molecule has 0 aliphatic carbocycles. The Kier molecular flexibility index (Phi) is 6.86. The molecular formula is C26H23F3N4O3. The summed E-state index contributed by atoms with van der Waals surface area (Å²) < 4.78 is 55.3. The van der Waals surface area contributed by atoms with Crippen molar-refractivity contribution < 1.29 is 27.4 Å². The van der Waals surface area contributed by atoms with Crippen molar-refractivity contribution in [2.24, 2.45) is 10.7 Å². The molecule has 0 bridgehead atoms. The Labute approximate surface area is 205 Å². The fourth-order valence-electron chi connectivity index (χ4n) is 3.60. The van der Waals surface area contributed by atoms with E-state index in [0.717, 1.165) is 17.5 Å². The average molecular weight is 496 g/mol. The number of amidine groups is 1. The van der Waals surface area contributed by atoms with Crippen LogP contribution < -0.4 is 25.3 Å². The van der Waals surface area contributed by atoms with E-state index in [1.807, 2.05) is 0 Å². The normalized spacial score (nSPS) is 11.9. The molecule has 4 aromatic rings. The van der Waals surface area contributed by atoms with E-state index in [1.165, 1.54) is 12.1 Å². The van der Waals surface area contributed by atoms with Gasteiger partial charge in [0.2, 0.25) is 0 Å². The van der Waals surface area contributed by atoms with Gasteiger partial charge in [0.15, 0.2) is 11.5 Å². The lowest BCUT2D eigenvalue weighted by molar-refractivity contribution is -0.137. The van der Waals surface area contributed by atoms with Gasteiger partial charge in [0.1, 0.15) is 17.3 Å². The number of nitrogens with two attached hydrogens (primary N) is 1. The highest BCUT2D eigenvalue weighted by Gasteiger charge is 2.29. The topological polar surface area (TPSA) is 91.0 Å². The standard InChI is InChI=1S/C26H23F3N4O3/c1-31-20-12-17(36-22-10-11-32-21-14-24(35-3)23(34-2)13-19(21)22)8-9-18(20)25(30)33-16-6-4-15(5-7-16)26(27,28)29/h4-14,31H,1-3H3,(H2,30,33). The highest BCUT2D eigenvalue weighted by Crippen LogP contribution is 2.37. The third-order valence-electron chi connectivity index (χ3n) is 5.42. The molecule has 10 heteroatoms. The number of nitrogens with one attached hydrogen (secondary N) is 1. The number of alkyl halides is 3. The number of ether oxygens (including phenoxy) is 3. The molecule has 7 nitrogen and oxygen atoms in total. The van der Waals surface area contributed by atoms with Gasteiger partial charge in [-0.15, -0.1) is 0 Å². The number of rotatable bonds is 7. The highest BCUT2D eigenvalue weighted by atomic mass is 19.4. The van der Waals surface area contributed by atoms with Crippen molar-refractivity contribution in [3.63, 3.8) is 0 Å². The molecular weight excluding hydrogens is 473 g/mol. The molecule has 0 aliphatic rings. The lowest BCUT2D eigenvalue weighted by Crippen LogP contribution is -2.15. The molecule has 1 aromatic heterocycles. The van der Waals surface area contributed by atoms with Gasteiger partial charge >= 0.3 is 6.18 Å². The largest absolute Gasteiger partial charge is 0.493 e. The van der Waals surface area contributed by atoms with Crippen molar-refractivity contribution in [1.29, 1.82) is 0 Å². The number of benzene rings is 3. The predicted octanol–water partition coefficient (Wildman–Crippen LogP) is 6.14. The van der Waals surface area contributed by atoms with Gasteiger partial charge in [-0.25, -0.2) is 4.99 Å². The smallest absolute Gasteiger partial charge is 0.416 e. The molecule has 4 rings (SSSR count). The minimum Gasteiger partial charge on any atom is -0.493 e. The van der Waals surface area contributed by atoms with Crippen LogP contribution >= 0.6 is 0 Å². The van der Waals surface area contributed by atoms with E-state index in [-0.39, 0.29) is 5.84 Å². The van der Waals surface area contributed by atoms with Gasteiger partial charge in [-0.05, 0) is 48.5 Å². The summed E-state index contributed by atoms with van der Waals surface area (Å²) in [4.78, 5) is 8.64. The molecule has 3 aromatic carbocycles. The second kappa shape index (κ2) is 10.0. The quantitative estimate of drug-likeness (QED) is 0.236. The molecule has 3 N–H and O–H groups in total. The second-order valence-corrected chi connectivity index (χ2v) is 7.63. The molecule has 0 saturated carbocycles. The van der Waals surface area contributed by atoms with Crippen LogP contribution in [-0.4, -0.2) is 32.1 Å². The van der Waals surface area contributed by atoms with Crippen LogP contribution in [-0.2, 0) is 6.18 Å². The summed E-state index contributed by atoms with van der Waals surface area (Å²) >= 11 is 0. The summed E-state index contributed by atoms with van der Waals surface area (Å²) in [6, 6.07) is 14.9. The first kappa shape index (κ1) is 24.6. The number of aromatic nitrogens is 1. The summed E-state index contributed by atoms with van der Waals surface area (Å²) in [5.74, 6) is 2.31. The summed E-state index contributed by atoms with van der Waals surface area (Å²) in [5.41, 5.74) is 7.58. The highest BCUT2D eigenvalue weighted by molar-refractivity contribution is 6.04. The SMILES string of the molecule is CNc1cc(Oc2ccnc3cc(OC)c(OC)cc23)ccc1C(N)=Nc1ccc(C(F)(F)F)cc1. The van der Waals surface area contributed by atoms with Crippen LogP contribution in [0.15, 0.2) is 71.9 Å². The number of nitrogens with zero attached hydrogens (tertiary/aromatic N) is 2. The van der Waals surface area contributed by atoms with Gasteiger partial charge in [-0.2, -0.15) is 13.2 Å². The minimum atomic E-state index is -4.42. The van der Waals surface area contributed by atoms with Crippen LogP contribution in [0.1, 0.15) is 11.1 Å². The lowest BCUT2D eigenvalue weighted by Gasteiger charge is -2.14. The molecule has 0 saturated heterocycles. The number of fused-ring (bicyclic) bond motifs is 1. The Hall–Kier alpha value is -4.47. The first-order valence-electron chi connectivity index (χ1n) is 10.8. The molecule has 36 heavy (non-hydrogen) atoms. The third-order valence-corrected chi connectivity index (χ3v) is 5.42. The van der Waals surface area contributed by atoms with E-state index >= 15 is 0 Å². The fourth-order valence-corrected chi connectivity index (χ4v) is 3.60. The third kappa shape index (κ3) is 5.12. The van der Waals surface area contributed by atoms with E-state index in [4.69, 9.17) is 19.9 Å². The van der Waals surface area contributed by atoms with Gasteiger partial charge in [0, 0.05) is 42.0 Å². The monoisotopic (exact) mass is 496 g/mol. The van der Waals surface area contributed by atoms with E-state index < -0.39 is 11.7 Å². The van der Waals surface area contributed by atoms with Crippen LogP contribution in [0.3, 0.4) is 0 Å². The number of anilines is 1. The van der Waals surface area contributed by atoms with Crippen molar-refractivity contribution in [1.82, 2.24) is 4.98 Å². The number of aliphatic imine (C=N–C) groups is 1. The predicted molar refractivity (Wildman–Crippen MR) is 133 cm³/mol. The maximum Gasteiger partial charge on any atom is 0.416 e. The van der Waals surface area contributed by atoms with E-state index in [1.54, 1.807) is 63.9 Å².